The van der Waals surface area contributed by atoms with E-state index in [1.807, 2.05) is 24.4 Å². The molecule has 0 atom stereocenters. The zero-order valence-corrected chi connectivity index (χ0v) is 13.1. The van der Waals surface area contributed by atoms with Gasteiger partial charge in [0.25, 0.3) is 0 Å². The Bertz CT molecular complexity index is 794. The van der Waals surface area contributed by atoms with Gasteiger partial charge in [0.15, 0.2) is 0 Å². The van der Waals surface area contributed by atoms with Crippen LogP contribution >= 0.6 is 12.4 Å². The Balaban J connectivity index is 0.00000192. The second-order valence-electron chi connectivity index (χ2n) is 5.10. The highest BCUT2D eigenvalue weighted by Crippen LogP contribution is 2.30. The lowest BCUT2D eigenvalue weighted by Crippen LogP contribution is -2.04. The van der Waals surface area contributed by atoms with E-state index >= 15 is 0 Å². The molecule has 2 nitrogen and oxygen atoms in total. The second-order valence-corrected chi connectivity index (χ2v) is 5.10. The lowest BCUT2D eigenvalue weighted by atomic mass is 10.0. The molecule has 0 aliphatic heterocycles. The number of fused-ring (bicyclic) bond motifs is 1. The molecule has 1 heterocycles. The molecule has 2 aromatic carbocycles. The van der Waals surface area contributed by atoms with E-state index in [2.05, 4.69) is 4.98 Å². The number of hydrogen-bond acceptors (Lipinski definition) is 1. The summed E-state index contributed by atoms with van der Waals surface area (Å²) in [5.41, 5.74) is 2.20. The summed E-state index contributed by atoms with van der Waals surface area (Å²) < 4.78 is 42.8. The van der Waals surface area contributed by atoms with Crippen LogP contribution in [0.3, 0.4) is 0 Å². The average Bonchev–Trinajstić information content (AvgIpc) is 2.89. The number of methoxy groups -OCH3 is 1. The Morgan fingerprint density at radius 2 is 1.74 bits per heavy atom. The highest BCUT2D eigenvalue weighted by molar-refractivity contribution is 5.85. The van der Waals surface area contributed by atoms with Gasteiger partial charge in [0.1, 0.15) is 5.75 Å². The summed E-state index contributed by atoms with van der Waals surface area (Å²) in [6.45, 7) is 0. The maximum absolute atomic E-state index is 12.6. The summed E-state index contributed by atoms with van der Waals surface area (Å²) in [4.78, 5) is 3.16. The molecular formula is C17H15ClF3NO. The van der Waals surface area contributed by atoms with Crippen molar-refractivity contribution in [3.8, 4) is 5.75 Å². The minimum atomic E-state index is -4.30. The van der Waals surface area contributed by atoms with Crippen LogP contribution in [0.15, 0.2) is 48.7 Å². The molecule has 1 aromatic heterocycles. The van der Waals surface area contributed by atoms with Crippen LogP contribution in [0.1, 0.15) is 16.7 Å². The molecule has 0 saturated heterocycles. The molecule has 3 aromatic rings. The number of benzene rings is 2. The van der Waals surface area contributed by atoms with Gasteiger partial charge in [-0.1, -0.05) is 12.1 Å². The fraction of sp³-hybridized carbons (Fsp3) is 0.176. The van der Waals surface area contributed by atoms with Crippen molar-refractivity contribution in [3.05, 3.63) is 65.4 Å². The number of halogens is 4. The van der Waals surface area contributed by atoms with Crippen LogP contribution in [-0.4, -0.2) is 12.1 Å². The van der Waals surface area contributed by atoms with E-state index in [1.54, 1.807) is 7.11 Å². The van der Waals surface area contributed by atoms with Gasteiger partial charge in [-0.2, -0.15) is 13.2 Å². The highest BCUT2D eigenvalue weighted by atomic mass is 35.5. The largest absolute Gasteiger partial charge is 0.497 e. The fourth-order valence-electron chi connectivity index (χ4n) is 2.47. The summed E-state index contributed by atoms with van der Waals surface area (Å²) in [7, 11) is 1.60. The molecule has 1 N–H and O–H groups in total. The topological polar surface area (TPSA) is 25.0 Å². The predicted molar refractivity (Wildman–Crippen MR) is 86.3 cm³/mol. The van der Waals surface area contributed by atoms with E-state index in [0.29, 0.717) is 6.42 Å². The van der Waals surface area contributed by atoms with Crippen molar-refractivity contribution >= 4 is 23.3 Å². The molecular weight excluding hydrogens is 327 g/mol. The molecule has 0 radical (unpaired) electrons. The van der Waals surface area contributed by atoms with Crippen LogP contribution in [0, 0.1) is 0 Å². The van der Waals surface area contributed by atoms with Gasteiger partial charge in [0.05, 0.1) is 12.7 Å². The van der Waals surface area contributed by atoms with Crippen LogP contribution < -0.4 is 4.74 Å². The van der Waals surface area contributed by atoms with Crippen molar-refractivity contribution in [3.63, 3.8) is 0 Å². The average molecular weight is 342 g/mol. The van der Waals surface area contributed by atoms with Crippen molar-refractivity contribution < 1.29 is 17.9 Å². The van der Waals surface area contributed by atoms with Crippen LogP contribution in [-0.2, 0) is 12.6 Å². The molecule has 0 aliphatic carbocycles. The standard InChI is InChI=1S/C17H14F3NO.ClH/c1-22-14-6-7-15-12(10-21-16(15)9-14)8-11-2-4-13(5-3-11)17(18,19)20;/h2-7,9-10,21H,8H2,1H3;1H. The lowest BCUT2D eigenvalue weighted by Gasteiger charge is -2.07. The molecule has 0 fully saturated rings. The molecule has 0 spiro atoms. The highest BCUT2D eigenvalue weighted by Gasteiger charge is 2.29. The maximum atomic E-state index is 12.6. The number of alkyl halides is 3. The molecule has 0 aliphatic rings. The molecule has 122 valence electrons. The summed E-state index contributed by atoms with van der Waals surface area (Å²) >= 11 is 0. The Kier molecular flexibility index (Phi) is 4.90. The third-order valence-corrected chi connectivity index (χ3v) is 3.65. The van der Waals surface area contributed by atoms with Crippen molar-refractivity contribution in [2.45, 2.75) is 12.6 Å². The Labute approximate surface area is 137 Å². The van der Waals surface area contributed by atoms with Crippen molar-refractivity contribution in [1.29, 1.82) is 0 Å². The smallest absolute Gasteiger partial charge is 0.416 e. The van der Waals surface area contributed by atoms with Crippen molar-refractivity contribution in [1.82, 2.24) is 4.98 Å². The first-order chi connectivity index (χ1) is 10.5. The van der Waals surface area contributed by atoms with Crippen molar-refractivity contribution in [2.75, 3.05) is 7.11 Å². The third kappa shape index (κ3) is 3.62. The molecule has 3 rings (SSSR count). The van der Waals surface area contributed by atoms with Gasteiger partial charge in [0.2, 0.25) is 0 Å². The first kappa shape index (κ1) is 17.2. The van der Waals surface area contributed by atoms with E-state index in [4.69, 9.17) is 4.74 Å². The van der Waals surface area contributed by atoms with Crippen LogP contribution in [0.25, 0.3) is 10.9 Å². The summed E-state index contributed by atoms with van der Waals surface area (Å²) in [6.07, 6.45) is -1.85. The van der Waals surface area contributed by atoms with Crippen LogP contribution in [0.2, 0.25) is 0 Å². The number of nitrogens with one attached hydrogen (secondary N) is 1. The van der Waals surface area contributed by atoms with Crippen LogP contribution in [0.5, 0.6) is 5.75 Å². The minimum Gasteiger partial charge on any atom is -0.497 e. The second kappa shape index (κ2) is 6.54. The van der Waals surface area contributed by atoms with Gasteiger partial charge in [-0.3, -0.25) is 0 Å². The normalized spacial score (nSPS) is 11.3. The Morgan fingerprint density at radius 1 is 1.04 bits per heavy atom. The Morgan fingerprint density at radius 3 is 2.35 bits per heavy atom. The van der Waals surface area contributed by atoms with Gasteiger partial charge in [-0.05, 0) is 41.8 Å². The molecule has 0 saturated carbocycles. The van der Waals surface area contributed by atoms with Gasteiger partial charge in [-0.15, -0.1) is 12.4 Å². The predicted octanol–water partition coefficient (Wildman–Crippen LogP) is 5.21. The van der Waals surface area contributed by atoms with E-state index in [0.717, 1.165) is 39.9 Å². The van der Waals surface area contributed by atoms with Gasteiger partial charge < -0.3 is 9.72 Å². The van der Waals surface area contributed by atoms with E-state index in [9.17, 15) is 13.2 Å². The SMILES string of the molecule is COc1ccc2c(Cc3ccc(C(F)(F)F)cc3)c[nH]c2c1.Cl. The lowest BCUT2D eigenvalue weighted by molar-refractivity contribution is -0.137. The zero-order valence-electron chi connectivity index (χ0n) is 12.3. The number of ether oxygens (including phenoxy) is 1. The summed E-state index contributed by atoms with van der Waals surface area (Å²) in [5.74, 6) is 0.760. The third-order valence-electron chi connectivity index (χ3n) is 3.65. The summed E-state index contributed by atoms with van der Waals surface area (Å²) in [5, 5.41) is 1.04. The van der Waals surface area contributed by atoms with Gasteiger partial charge >= 0.3 is 6.18 Å². The number of hydrogen-bond donors (Lipinski definition) is 1. The number of rotatable bonds is 3. The van der Waals surface area contributed by atoms with E-state index < -0.39 is 11.7 Å². The minimum absolute atomic E-state index is 0. The number of aromatic nitrogens is 1. The van der Waals surface area contributed by atoms with Gasteiger partial charge in [-0.25, -0.2) is 0 Å². The molecule has 0 amide bonds. The maximum Gasteiger partial charge on any atom is 0.416 e. The fourth-order valence-corrected chi connectivity index (χ4v) is 2.47. The first-order valence-electron chi connectivity index (χ1n) is 6.77. The quantitative estimate of drug-likeness (QED) is 0.695. The van der Waals surface area contributed by atoms with Crippen molar-refractivity contribution in [2.24, 2.45) is 0 Å². The molecule has 0 unspecified atom stereocenters. The summed E-state index contributed by atoms with van der Waals surface area (Å²) in [6, 6.07) is 11.0. The number of H-pyrrole nitrogens is 1. The van der Waals surface area contributed by atoms with E-state index in [-0.39, 0.29) is 12.4 Å². The molecule has 23 heavy (non-hydrogen) atoms. The zero-order chi connectivity index (χ0) is 15.7. The van der Waals surface area contributed by atoms with E-state index in [1.165, 1.54) is 12.1 Å². The molecule has 0 bridgehead atoms. The Hall–Kier alpha value is -2.14. The van der Waals surface area contributed by atoms with Crippen LogP contribution in [0.4, 0.5) is 13.2 Å². The first-order valence-corrected chi connectivity index (χ1v) is 6.77. The number of aromatic amines is 1. The molecule has 6 heteroatoms. The van der Waals surface area contributed by atoms with Gasteiger partial charge in [0, 0.05) is 23.2 Å². The monoisotopic (exact) mass is 341 g/mol.